The summed E-state index contributed by atoms with van der Waals surface area (Å²) in [4.78, 5) is 11.7. The summed E-state index contributed by atoms with van der Waals surface area (Å²) in [6.07, 6.45) is 1.30. The summed E-state index contributed by atoms with van der Waals surface area (Å²) < 4.78 is 31.0. The molecule has 1 unspecified atom stereocenters. The van der Waals surface area contributed by atoms with E-state index < -0.39 is 15.9 Å². The molecule has 0 amide bonds. The molecule has 1 aromatic rings. The van der Waals surface area contributed by atoms with Gasteiger partial charge in [-0.05, 0) is 37.1 Å². The van der Waals surface area contributed by atoms with Crippen molar-refractivity contribution in [2.24, 2.45) is 5.92 Å². The predicted octanol–water partition coefficient (Wildman–Crippen LogP) is 1.91. The van der Waals surface area contributed by atoms with Gasteiger partial charge in [0.25, 0.3) is 0 Å². The molecule has 0 aliphatic carbocycles. The lowest BCUT2D eigenvalue weighted by Gasteiger charge is -2.30. The Balaban J connectivity index is 2.21. The second-order valence-electron chi connectivity index (χ2n) is 4.68. The van der Waals surface area contributed by atoms with E-state index in [1.807, 2.05) is 0 Å². The van der Waals surface area contributed by atoms with E-state index in [2.05, 4.69) is 0 Å². The van der Waals surface area contributed by atoms with Crippen LogP contribution in [0, 0.1) is 5.92 Å². The number of halogens is 1. The van der Waals surface area contributed by atoms with E-state index in [4.69, 9.17) is 16.3 Å². The lowest BCUT2D eigenvalue weighted by atomic mass is 10.0. The Bertz CT molecular complexity index is 585. The molecule has 1 aromatic carbocycles. The number of nitrogens with zero attached hydrogens (tertiary/aromatic N) is 1. The molecule has 0 N–H and O–H groups in total. The summed E-state index contributed by atoms with van der Waals surface area (Å²) in [6, 6.07) is 6.02. The van der Waals surface area contributed by atoms with Crippen molar-refractivity contribution in [3.8, 4) is 0 Å². The van der Waals surface area contributed by atoms with Gasteiger partial charge in [-0.2, -0.15) is 4.31 Å². The van der Waals surface area contributed by atoms with E-state index in [9.17, 15) is 13.2 Å². The number of ether oxygens (including phenoxy) is 1. The molecule has 0 bridgehead atoms. The molecule has 1 heterocycles. The SMILES string of the molecule is COC(=O)C1CCCN(S(=O)(=O)c2ccc(Cl)cc2)C1. The Hall–Kier alpha value is -1.11. The molecule has 0 spiro atoms. The molecular weight excluding hydrogens is 302 g/mol. The Morgan fingerprint density at radius 3 is 2.60 bits per heavy atom. The summed E-state index contributed by atoms with van der Waals surface area (Å²) in [6.45, 7) is 0.579. The third-order valence-corrected chi connectivity index (χ3v) is 5.50. The molecule has 0 saturated carbocycles. The normalized spacial score (nSPS) is 20.6. The first-order chi connectivity index (χ1) is 9.45. The Kier molecular flexibility index (Phi) is 4.67. The van der Waals surface area contributed by atoms with Crippen LogP contribution in [0.5, 0.6) is 0 Å². The minimum absolute atomic E-state index is 0.164. The second-order valence-corrected chi connectivity index (χ2v) is 7.05. The molecule has 1 aliphatic heterocycles. The smallest absolute Gasteiger partial charge is 0.309 e. The number of sulfonamides is 1. The summed E-state index contributed by atoms with van der Waals surface area (Å²) in [7, 11) is -2.27. The molecule has 110 valence electrons. The fourth-order valence-corrected chi connectivity index (χ4v) is 3.93. The molecule has 7 heteroatoms. The predicted molar refractivity (Wildman–Crippen MR) is 75.0 cm³/mol. The van der Waals surface area contributed by atoms with Gasteiger partial charge < -0.3 is 4.74 Å². The summed E-state index contributed by atoms with van der Waals surface area (Å²) in [5.41, 5.74) is 0. The second kappa shape index (κ2) is 6.11. The Morgan fingerprint density at radius 1 is 1.35 bits per heavy atom. The van der Waals surface area contributed by atoms with E-state index in [1.54, 1.807) is 0 Å². The van der Waals surface area contributed by atoms with Gasteiger partial charge >= 0.3 is 5.97 Å². The van der Waals surface area contributed by atoms with Crippen molar-refractivity contribution in [1.29, 1.82) is 0 Å². The first-order valence-corrected chi connectivity index (χ1v) is 8.10. The number of carbonyl (C=O) groups excluding carboxylic acids is 1. The van der Waals surface area contributed by atoms with Crippen molar-refractivity contribution in [3.63, 3.8) is 0 Å². The number of esters is 1. The molecule has 0 radical (unpaired) electrons. The van der Waals surface area contributed by atoms with Crippen LogP contribution in [0.4, 0.5) is 0 Å². The van der Waals surface area contributed by atoms with Crippen LogP contribution in [0.25, 0.3) is 0 Å². The highest BCUT2D eigenvalue weighted by Gasteiger charge is 2.33. The average molecular weight is 318 g/mol. The van der Waals surface area contributed by atoms with Gasteiger partial charge in [0.2, 0.25) is 10.0 Å². The Morgan fingerprint density at radius 2 is 2.00 bits per heavy atom. The van der Waals surface area contributed by atoms with Gasteiger partial charge in [-0.25, -0.2) is 8.42 Å². The zero-order valence-electron chi connectivity index (χ0n) is 11.1. The first kappa shape index (κ1) is 15.3. The van der Waals surface area contributed by atoms with Gasteiger partial charge in [0, 0.05) is 18.1 Å². The van der Waals surface area contributed by atoms with E-state index in [-0.39, 0.29) is 17.4 Å². The van der Waals surface area contributed by atoms with Gasteiger partial charge in [0.05, 0.1) is 17.9 Å². The van der Waals surface area contributed by atoms with Crippen molar-refractivity contribution in [1.82, 2.24) is 4.31 Å². The maximum atomic E-state index is 12.5. The highest BCUT2D eigenvalue weighted by molar-refractivity contribution is 7.89. The molecule has 1 fully saturated rings. The average Bonchev–Trinajstić information content (AvgIpc) is 2.47. The third-order valence-electron chi connectivity index (χ3n) is 3.37. The number of hydrogen-bond donors (Lipinski definition) is 0. The highest BCUT2D eigenvalue weighted by atomic mass is 35.5. The number of methoxy groups -OCH3 is 1. The van der Waals surface area contributed by atoms with Crippen molar-refractivity contribution in [2.75, 3.05) is 20.2 Å². The maximum absolute atomic E-state index is 12.5. The van der Waals surface area contributed by atoms with Crippen LogP contribution in [0.2, 0.25) is 5.02 Å². The van der Waals surface area contributed by atoms with E-state index >= 15 is 0 Å². The zero-order chi connectivity index (χ0) is 14.8. The third kappa shape index (κ3) is 3.13. The van der Waals surface area contributed by atoms with Crippen molar-refractivity contribution in [3.05, 3.63) is 29.3 Å². The van der Waals surface area contributed by atoms with E-state index in [0.717, 1.165) is 0 Å². The topological polar surface area (TPSA) is 63.7 Å². The first-order valence-electron chi connectivity index (χ1n) is 6.28. The summed E-state index contributed by atoms with van der Waals surface area (Å²) in [5, 5.41) is 0.482. The van der Waals surface area contributed by atoms with Gasteiger partial charge in [-0.3, -0.25) is 4.79 Å². The van der Waals surface area contributed by atoms with E-state index in [1.165, 1.54) is 35.7 Å². The number of benzene rings is 1. The molecule has 2 rings (SSSR count). The van der Waals surface area contributed by atoms with Gasteiger partial charge in [-0.15, -0.1) is 0 Å². The molecular formula is C13H16ClNO4S. The summed E-state index contributed by atoms with van der Waals surface area (Å²) >= 11 is 5.76. The van der Waals surface area contributed by atoms with Crippen LogP contribution < -0.4 is 0 Å². The molecule has 1 atom stereocenters. The molecule has 0 aromatic heterocycles. The number of rotatable bonds is 3. The monoisotopic (exact) mass is 317 g/mol. The van der Waals surface area contributed by atoms with Crippen LogP contribution >= 0.6 is 11.6 Å². The quantitative estimate of drug-likeness (QED) is 0.799. The lowest BCUT2D eigenvalue weighted by molar-refractivity contribution is -0.146. The minimum Gasteiger partial charge on any atom is -0.469 e. The fraction of sp³-hybridized carbons (Fsp3) is 0.462. The van der Waals surface area contributed by atoms with Crippen molar-refractivity contribution < 1.29 is 17.9 Å². The largest absolute Gasteiger partial charge is 0.469 e. The molecule has 1 saturated heterocycles. The highest BCUT2D eigenvalue weighted by Crippen LogP contribution is 2.25. The Labute approximate surface area is 123 Å². The molecule has 20 heavy (non-hydrogen) atoms. The maximum Gasteiger partial charge on any atom is 0.309 e. The standard InChI is InChI=1S/C13H16ClNO4S/c1-19-13(16)10-3-2-8-15(9-10)20(17,18)12-6-4-11(14)5-7-12/h4-7,10H,2-3,8-9H2,1H3. The number of piperidine rings is 1. The van der Waals surface area contributed by atoms with Gasteiger partial charge in [-0.1, -0.05) is 11.6 Å². The van der Waals surface area contributed by atoms with Crippen LogP contribution in [0.1, 0.15) is 12.8 Å². The zero-order valence-corrected chi connectivity index (χ0v) is 12.7. The van der Waals surface area contributed by atoms with E-state index in [0.29, 0.717) is 24.4 Å². The molecule has 1 aliphatic rings. The van der Waals surface area contributed by atoms with Gasteiger partial charge in [0.15, 0.2) is 0 Å². The van der Waals surface area contributed by atoms with Crippen LogP contribution in [-0.4, -0.2) is 38.9 Å². The molecule has 5 nitrogen and oxygen atoms in total. The van der Waals surface area contributed by atoms with Crippen molar-refractivity contribution >= 4 is 27.6 Å². The summed E-state index contributed by atoms with van der Waals surface area (Å²) in [5.74, 6) is -0.753. The van der Waals surface area contributed by atoms with Crippen LogP contribution in [0.15, 0.2) is 29.2 Å². The lowest BCUT2D eigenvalue weighted by Crippen LogP contribution is -2.42. The van der Waals surface area contributed by atoms with Crippen LogP contribution in [0.3, 0.4) is 0 Å². The minimum atomic E-state index is -3.59. The fourth-order valence-electron chi connectivity index (χ4n) is 2.28. The number of carbonyl (C=O) groups is 1. The van der Waals surface area contributed by atoms with Gasteiger partial charge in [0.1, 0.15) is 0 Å². The number of hydrogen-bond acceptors (Lipinski definition) is 4. The van der Waals surface area contributed by atoms with Crippen molar-refractivity contribution in [2.45, 2.75) is 17.7 Å². The van der Waals surface area contributed by atoms with Crippen LogP contribution in [-0.2, 0) is 19.6 Å².